The minimum absolute atomic E-state index is 0.339. The molecule has 3 N–H and O–H groups in total. The van der Waals surface area contributed by atoms with Crippen LogP contribution in [0.4, 0.5) is 0 Å². The van der Waals surface area contributed by atoms with E-state index in [4.69, 9.17) is 4.74 Å². The number of amides is 2. The molecule has 0 spiro atoms. The number of H-pyrrole nitrogens is 1. The Kier molecular flexibility index (Phi) is 3.81. The second-order valence-corrected chi connectivity index (χ2v) is 7.83. The van der Waals surface area contributed by atoms with Crippen molar-refractivity contribution in [2.24, 2.45) is 0 Å². The topological polar surface area (TPSA) is 106 Å². The normalized spacial score (nSPS) is 31.4. The van der Waals surface area contributed by atoms with E-state index in [0.29, 0.717) is 47.3 Å². The predicted octanol–water partition coefficient (Wildman–Crippen LogP) is 1.36. The minimum atomic E-state index is -2.34. The lowest BCUT2D eigenvalue weighted by Gasteiger charge is -2.54. The molecule has 5 rings (SSSR count). The summed E-state index contributed by atoms with van der Waals surface area (Å²) in [6, 6.07) is 4.05. The molecule has 3 aliphatic rings. The van der Waals surface area contributed by atoms with Gasteiger partial charge in [0.25, 0.3) is 11.6 Å². The van der Waals surface area contributed by atoms with Gasteiger partial charge in [-0.05, 0) is 31.9 Å². The van der Waals surface area contributed by atoms with Crippen LogP contribution in [0.3, 0.4) is 0 Å². The number of aromatic amines is 1. The highest BCUT2D eigenvalue weighted by molar-refractivity contribution is 6.01. The van der Waals surface area contributed by atoms with Gasteiger partial charge in [-0.1, -0.05) is 12.2 Å². The van der Waals surface area contributed by atoms with Crippen molar-refractivity contribution in [3.8, 4) is 5.75 Å². The van der Waals surface area contributed by atoms with Crippen LogP contribution in [0, 0.1) is 0 Å². The Morgan fingerprint density at radius 3 is 2.86 bits per heavy atom. The lowest BCUT2D eigenvalue weighted by molar-refractivity contribution is -0.229. The van der Waals surface area contributed by atoms with Crippen LogP contribution in [0.15, 0.2) is 30.4 Å². The Bertz CT molecular complexity index is 1060. The molecule has 0 unspecified atom stereocenters. The van der Waals surface area contributed by atoms with Crippen LogP contribution in [-0.2, 0) is 9.59 Å². The number of rotatable bonds is 2. The average molecular weight is 397 g/mol. The number of carbonyl (C=O) groups excluding carboxylic acids is 2. The van der Waals surface area contributed by atoms with Gasteiger partial charge in [0.2, 0.25) is 5.91 Å². The standard InChI is InChI=1S/C21H23N3O5/c1-3-5-14-17-16(12-8-7-11(29-2)10-13(12)22-17)18(25)21(28)20(27)23-9-4-6-15(23)19(26)24(14)21/h3,5,7-8,10,14-15,18,22,25,28H,4,6,9H2,1-2H3/b5-3+/t14-,15-,18-,21+/m0/s1. The maximum atomic E-state index is 13.3. The average Bonchev–Trinajstić information content (AvgIpc) is 3.35. The second kappa shape index (κ2) is 6.08. The van der Waals surface area contributed by atoms with Crippen LogP contribution in [-0.4, -0.2) is 62.2 Å². The first-order valence-electron chi connectivity index (χ1n) is 9.80. The van der Waals surface area contributed by atoms with Gasteiger partial charge in [-0.3, -0.25) is 14.5 Å². The van der Waals surface area contributed by atoms with E-state index >= 15 is 0 Å². The SMILES string of the molecule is C/C=C/[C@H]1c2[nH]c3cc(OC)ccc3c2[C@H](O)[C@@]2(O)C(=O)N3CCC[C@H]3C(=O)N12. The molecular weight excluding hydrogens is 374 g/mol. The number of hydrogen-bond donors (Lipinski definition) is 3. The van der Waals surface area contributed by atoms with E-state index in [-0.39, 0.29) is 5.91 Å². The number of carbonyl (C=O) groups is 2. The Labute approximate surface area is 167 Å². The summed E-state index contributed by atoms with van der Waals surface area (Å²) < 4.78 is 5.28. The highest BCUT2D eigenvalue weighted by Crippen LogP contribution is 2.51. The molecule has 8 nitrogen and oxygen atoms in total. The van der Waals surface area contributed by atoms with E-state index in [9.17, 15) is 19.8 Å². The molecule has 2 saturated heterocycles. The summed E-state index contributed by atoms with van der Waals surface area (Å²) in [6.07, 6.45) is 3.23. The van der Waals surface area contributed by atoms with Crippen LogP contribution >= 0.6 is 0 Å². The highest BCUT2D eigenvalue weighted by atomic mass is 16.5. The smallest absolute Gasteiger partial charge is 0.279 e. The third-order valence-corrected chi connectivity index (χ3v) is 6.40. The number of methoxy groups -OCH3 is 1. The number of nitrogens with zero attached hydrogens (tertiary/aromatic N) is 2. The van der Waals surface area contributed by atoms with Gasteiger partial charge in [-0.2, -0.15) is 0 Å². The lowest BCUT2D eigenvalue weighted by Crippen LogP contribution is -2.74. The van der Waals surface area contributed by atoms with Gasteiger partial charge >= 0.3 is 0 Å². The van der Waals surface area contributed by atoms with Crippen molar-refractivity contribution in [2.75, 3.05) is 13.7 Å². The zero-order valence-electron chi connectivity index (χ0n) is 16.3. The Balaban J connectivity index is 1.78. The molecule has 29 heavy (non-hydrogen) atoms. The lowest BCUT2D eigenvalue weighted by atomic mass is 9.82. The largest absolute Gasteiger partial charge is 0.497 e. The van der Waals surface area contributed by atoms with Gasteiger partial charge in [0, 0.05) is 34.8 Å². The summed E-state index contributed by atoms with van der Waals surface area (Å²) in [5.41, 5.74) is -0.615. The summed E-state index contributed by atoms with van der Waals surface area (Å²) in [5, 5.41) is 23.5. The van der Waals surface area contributed by atoms with E-state index in [1.165, 1.54) is 9.80 Å². The van der Waals surface area contributed by atoms with Crippen molar-refractivity contribution in [1.29, 1.82) is 0 Å². The Morgan fingerprint density at radius 1 is 1.34 bits per heavy atom. The molecule has 2 amide bonds. The molecule has 4 atom stereocenters. The summed E-state index contributed by atoms with van der Waals surface area (Å²) in [7, 11) is 1.56. The van der Waals surface area contributed by atoms with E-state index in [0.717, 1.165) is 0 Å². The van der Waals surface area contributed by atoms with Crippen LogP contribution in [0.5, 0.6) is 5.75 Å². The molecule has 0 saturated carbocycles. The fourth-order valence-electron chi connectivity index (χ4n) is 5.08. The zero-order valence-corrected chi connectivity index (χ0v) is 16.3. The van der Waals surface area contributed by atoms with E-state index < -0.39 is 29.8 Å². The maximum absolute atomic E-state index is 13.3. The first-order valence-corrected chi connectivity index (χ1v) is 9.80. The molecule has 2 fully saturated rings. The van der Waals surface area contributed by atoms with Gasteiger partial charge < -0.3 is 24.8 Å². The Morgan fingerprint density at radius 2 is 2.14 bits per heavy atom. The van der Waals surface area contributed by atoms with Crippen LogP contribution in [0.1, 0.15) is 43.2 Å². The maximum Gasteiger partial charge on any atom is 0.279 e. The summed E-state index contributed by atoms with van der Waals surface area (Å²) >= 11 is 0. The number of hydrogen-bond acceptors (Lipinski definition) is 5. The quantitative estimate of drug-likeness (QED) is 0.664. The Hall–Kier alpha value is -2.84. The highest BCUT2D eigenvalue weighted by Gasteiger charge is 2.65. The van der Waals surface area contributed by atoms with Crippen molar-refractivity contribution in [3.63, 3.8) is 0 Å². The van der Waals surface area contributed by atoms with Gasteiger partial charge in [0.15, 0.2) is 0 Å². The van der Waals surface area contributed by atoms with Crippen LogP contribution < -0.4 is 4.74 Å². The fourth-order valence-corrected chi connectivity index (χ4v) is 5.08. The predicted molar refractivity (Wildman–Crippen MR) is 104 cm³/mol. The second-order valence-electron chi connectivity index (χ2n) is 7.83. The molecular formula is C21H23N3O5. The number of nitrogens with one attached hydrogen (secondary N) is 1. The van der Waals surface area contributed by atoms with Gasteiger partial charge in [0.1, 0.15) is 17.9 Å². The first kappa shape index (κ1) is 18.2. The molecule has 152 valence electrons. The molecule has 0 radical (unpaired) electrons. The monoisotopic (exact) mass is 397 g/mol. The van der Waals surface area contributed by atoms with Crippen molar-refractivity contribution in [2.45, 2.75) is 43.7 Å². The van der Waals surface area contributed by atoms with Crippen LogP contribution in [0.2, 0.25) is 0 Å². The van der Waals surface area contributed by atoms with Gasteiger partial charge in [-0.25, -0.2) is 0 Å². The summed E-state index contributed by atoms with van der Waals surface area (Å²) in [5.74, 6) is -0.318. The molecule has 1 aromatic heterocycles. The molecule has 8 heteroatoms. The molecule has 0 bridgehead atoms. The van der Waals surface area contributed by atoms with E-state index in [2.05, 4.69) is 4.98 Å². The number of aliphatic hydroxyl groups is 2. The van der Waals surface area contributed by atoms with Crippen molar-refractivity contribution >= 4 is 22.7 Å². The van der Waals surface area contributed by atoms with Crippen molar-refractivity contribution < 1.29 is 24.5 Å². The number of fused-ring (bicyclic) bond motifs is 5. The van der Waals surface area contributed by atoms with Gasteiger partial charge in [-0.15, -0.1) is 0 Å². The van der Waals surface area contributed by atoms with Gasteiger partial charge in [0.05, 0.1) is 13.2 Å². The fraction of sp³-hybridized carbons (Fsp3) is 0.429. The molecule has 4 heterocycles. The summed E-state index contributed by atoms with van der Waals surface area (Å²) in [4.78, 5) is 32.5. The third-order valence-electron chi connectivity index (χ3n) is 6.40. The number of piperazine rings is 1. The number of ether oxygens (including phenoxy) is 1. The zero-order chi connectivity index (χ0) is 20.5. The molecule has 0 aliphatic carbocycles. The van der Waals surface area contributed by atoms with E-state index in [1.54, 1.807) is 37.5 Å². The van der Waals surface area contributed by atoms with Crippen molar-refractivity contribution in [3.05, 3.63) is 41.6 Å². The minimum Gasteiger partial charge on any atom is -0.497 e. The first-order chi connectivity index (χ1) is 13.9. The number of benzene rings is 1. The summed E-state index contributed by atoms with van der Waals surface area (Å²) in [6.45, 7) is 2.22. The van der Waals surface area contributed by atoms with Crippen LogP contribution in [0.25, 0.3) is 10.9 Å². The third kappa shape index (κ3) is 2.15. The van der Waals surface area contributed by atoms with Crippen molar-refractivity contribution in [1.82, 2.24) is 14.8 Å². The number of aliphatic hydroxyl groups excluding tert-OH is 1. The molecule has 3 aliphatic heterocycles. The van der Waals surface area contributed by atoms with E-state index in [1.807, 2.05) is 6.92 Å². The molecule has 2 aromatic rings. The number of allylic oxidation sites excluding steroid dienone is 1. The number of aromatic nitrogens is 1. The molecule has 1 aromatic carbocycles.